The lowest BCUT2D eigenvalue weighted by molar-refractivity contribution is -0.172. The van der Waals surface area contributed by atoms with Gasteiger partial charge in [0.1, 0.15) is 0 Å². The van der Waals surface area contributed by atoms with Crippen molar-refractivity contribution in [1.82, 2.24) is 4.72 Å². The third-order valence-corrected chi connectivity index (χ3v) is 3.54. The van der Waals surface area contributed by atoms with Crippen molar-refractivity contribution in [2.75, 3.05) is 0 Å². The van der Waals surface area contributed by atoms with Crippen LogP contribution < -0.4 is 10.5 Å². The molecule has 0 aromatic rings. The Morgan fingerprint density at radius 1 is 1.33 bits per heavy atom. The Hall–Kier alpha value is -0.620. The molecular formula is C6H10N2O3S. The lowest BCUT2D eigenvalue weighted by Crippen LogP contribution is -2.77. The van der Waals surface area contributed by atoms with Crippen LogP contribution in [-0.2, 0) is 15.7 Å². The summed E-state index contributed by atoms with van der Waals surface area (Å²) in [6.45, 7) is 0. The summed E-state index contributed by atoms with van der Waals surface area (Å²) in [6, 6.07) is 0. The summed E-state index contributed by atoms with van der Waals surface area (Å²) in [4.78, 5) is 10.8. The first kappa shape index (κ1) is 8.00. The van der Waals surface area contributed by atoms with Crippen molar-refractivity contribution in [2.24, 2.45) is 11.1 Å². The van der Waals surface area contributed by atoms with Crippen molar-refractivity contribution in [1.29, 1.82) is 0 Å². The highest BCUT2D eigenvalue weighted by Crippen LogP contribution is 2.66. The second kappa shape index (κ2) is 2.00. The fourth-order valence-corrected chi connectivity index (χ4v) is 2.99. The summed E-state index contributed by atoms with van der Waals surface area (Å²) in [7, 11) is -2.55. The molecule has 3 N–H and O–H groups in total. The molecule has 2 bridgehead atoms. The fraction of sp³-hybridized carbons (Fsp3) is 0.833. The van der Waals surface area contributed by atoms with Crippen molar-refractivity contribution in [3.63, 3.8) is 0 Å². The van der Waals surface area contributed by atoms with Crippen molar-refractivity contribution < 1.29 is 13.2 Å². The van der Waals surface area contributed by atoms with Gasteiger partial charge in [0.15, 0.2) is 0 Å². The van der Waals surface area contributed by atoms with Crippen molar-refractivity contribution >= 4 is 16.8 Å². The molecule has 3 aliphatic carbocycles. The van der Waals surface area contributed by atoms with Crippen LogP contribution in [0.25, 0.3) is 0 Å². The normalized spacial score (nSPS) is 43.4. The molecule has 0 heterocycles. The molecule has 0 spiro atoms. The largest absolute Gasteiger partial charge is 0.369 e. The Kier molecular flexibility index (Phi) is 1.33. The molecule has 5 nitrogen and oxygen atoms in total. The molecule has 0 aromatic carbocycles. The molecular weight excluding hydrogens is 180 g/mol. The van der Waals surface area contributed by atoms with Crippen molar-refractivity contribution in [3.8, 4) is 0 Å². The van der Waals surface area contributed by atoms with Crippen LogP contribution in [0.2, 0.25) is 0 Å². The van der Waals surface area contributed by atoms with Gasteiger partial charge in [-0.3, -0.25) is 4.79 Å². The Bertz CT molecular complexity index is 295. The van der Waals surface area contributed by atoms with Crippen LogP contribution in [0.15, 0.2) is 0 Å². The third-order valence-electron chi connectivity index (χ3n) is 2.88. The molecule has 0 saturated heterocycles. The van der Waals surface area contributed by atoms with Gasteiger partial charge in [-0.05, 0) is 19.3 Å². The first-order chi connectivity index (χ1) is 5.48. The van der Waals surface area contributed by atoms with Crippen LogP contribution in [0.4, 0.5) is 0 Å². The van der Waals surface area contributed by atoms with Crippen molar-refractivity contribution in [2.45, 2.75) is 24.8 Å². The number of hydrogen-bond acceptors (Lipinski definition) is 3. The van der Waals surface area contributed by atoms with Crippen LogP contribution in [0, 0.1) is 5.41 Å². The number of carbonyl (C=O) groups excluding carboxylic acids is 1. The van der Waals surface area contributed by atoms with E-state index in [2.05, 4.69) is 4.72 Å². The molecule has 3 aliphatic rings. The lowest BCUT2D eigenvalue weighted by Gasteiger charge is -2.68. The van der Waals surface area contributed by atoms with Crippen LogP contribution in [0.5, 0.6) is 0 Å². The van der Waals surface area contributed by atoms with Crippen LogP contribution >= 0.6 is 0 Å². The number of hydrogen-bond donors (Lipinski definition) is 3. The zero-order valence-corrected chi connectivity index (χ0v) is 7.27. The molecule has 3 rings (SSSR count). The number of amides is 1. The number of carbonyl (C=O) groups is 1. The Balaban J connectivity index is 2.00. The first-order valence-corrected chi connectivity index (χ1v) is 4.88. The topological polar surface area (TPSA) is 89.3 Å². The average molecular weight is 190 g/mol. The molecule has 0 unspecified atom stereocenters. The van der Waals surface area contributed by atoms with Crippen LogP contribution in [-0.4, -0.2) is 19.9 Å². The molecule has 0 atom stereocenters. The summed E-state index contributed by atoms with van der Waals surface area (Å²) >= 11 is 0. The van der Waals surface area contributed by atoms with Gasteiger partial charge in [0.25, 0.3) is 0 Å². The maximum atomic E-state index is 10.8. The lowest BCUT2D eigenvalue weighted by atomic mass is 9.39. The Morgan fingerprint density at radius 3 is 2.17 bits per heavy atom. The summed E-state index contributed by atoms with van der Waals surface area (Å²) in [5.74, 6) is -0.299. The molecule has 12 heavy (non-hydrogen) atoms. The summed E-state index contributed by atoms with van der Waals surface area (Å²) in [5, 5.41) is 0. The molecule has 6 heteroatoms. The summed E-state index contributed by atoms with van der Waals surface area (Å²) < 4.78 is 23.1. The Morgan fingerprint density at radius 2 is 1.83 bits per heavy atom. The number of thiol groups is 1. The minimum atomic E-state index is -2.55. The minimum Gasteiger partial charge on any atom is -0.369 e. The van der Waals surface area contributed by atoms with Crippen LogP contribution in [0.3, 0.4) is 0 Å². The highest BCUT2D eigenvalue weighted by atomic mass is 32.2. The van der Waals surface area contributed by atoms with Gasteiger partial charge < -0.3 is 5.73 Å². The number of primary amides is 1. The molecule has 0 radical (unpaired) electrons. The molecule has 3 saturated carbocycles. The maximum Gasteiger partial charge on any atom is 0.223 e. The summed E-state index contributed by atoms with van der Waals surface area (Å²) in [5.41, 5.74) is 4.45. The van der Waals surface area contributed by atoms with Gasteiger partial charge in [-0.25, -0.2) is 13.1 Å². The molecule has 0 aliphatic heterocycles. The van der Waals surface area contributed by atoms with Gasteiger partial charge in [-0.2, -0.15) is 0 Å². The smallest absolute Gasteiger partial charge is 0.223 e. The Labute approximate surface area is 71.4 Å². The second-order valence-electron chi connectivity index (χ2n) is 3.82. The van der Waals surface area contributed by atoms with E-state index < -0.39 is 10.9 Å². The van der Waals surface area contributed by atoms with Gasteiger partial charge in [0.2, 0.25) is 16.8 Å². The van der Waals surface area contributed by atoms with E-state index in [1.807, 2.05) is 0 Å². The van der Waals surface area contributed by atoms with E-state index in [0.29, 0.717) is 19.3 Å². The first-order valence-electron chi connectivity index (χ1n) is 3.70. The van der Waals surface area contributed by atoms with E-state index in [0.717, 1.165) is 0 Å². The van der Waals surface area contributed by atoms with E-state index >= 15 is 0 Å². The molecule has 3 fully saturated rings. The zero-order chi connectivity index (χ0) is 8.98. The zero-order valence-electron chi connectivity index (χ0n) is 6.37. The standard InChI is InChI=1S/C6H10N2O3S/c7-4(9)5-1-6(2-5,3-5)8-12(10)11/h12H,1-3H2,(H2,7,9)(H,8,10,11). The second-order valence-corrected chi connectivity index (χ2v) is 4.56. The molecule has 0 aromatic heterocycles. The predicted molar refractivity (Wildman–Crippen MR) is 41.7 cm³/mol. The van der Waals surface area contributed by atoms with E-state index in [9.17, 15) is 13.2 Å². The summed E-state index contributed by atoms with van der Waals surface area (Å²) in [6.07, 6.45) is 1.75. The van der Waals surface area contributed by atoms with Gasteiger partial charge in [0.05, 0.1) is 5.41 Å². The predicted octanol–water partition coefficient (Wildman–Crippen LogP) is -1.49. The highest BCUT2D eigenvalue weighted by Gasteiger charge is 2.71. The maximum absolute atomic E-state index is 10.8. The number of rotatable bonds is 3. The number of nitrogens with two attached hydrogens (primary N) is 1. The van der Waals surface area contributed by atoms with E-state index in [1.54, 1.807) is 0 Å². The monoisotopic (exact) mass is 190 g/mol. The quantitative estimate of drug-likeness (QED) is 0.474. The van der Waals surface area contributed by atoms with Crippen LogP contribution in [0.1, 0.15) is 19.3 Å². The SMILES string of the molecule is NC(=O)C12CC(N[SH](=O)=O)(C1)C2. The average Bonchev–Trinajstić information content (AvgIpc) is 1.72. The van der Waals surface area contributed by atoms with Gasteiger partial charge in [-0.15, -0.1) is 0 Å². The van der Waals surface area contributed by atoms with Gasteiger partial charge in [-0.1, -0.05) is 0 Å². The third kappa shape index (κ3) is 0.818. The number of nitrogens with one attached hydrogen (secondary N) is 1. The van der Waals surface area contributed by atoms with Gasteiger partial charge >= 0.3 is 0 Å². The van der Waals surface area contributed by atoms with Gasteiger partial charge in [0, 0.05) is 5.54 Å². The van der Waals surface area contributed by atoms with E-state index in [-0.39, 0.29) is 16.9 Å². The fourth-order valence-electron chi connectivity index (χ4n) is 2.36. The van der Waals surface area contributed by atoms with E-state index in [1.165, 1.54) is 0 Å². The van der Waals surface area contributed by atoms with Crippen molar-refractivity contribution in [3.05, 3.63) is 0 Å². The van der Waals surface area contributed by atoms with E-state index in [4.69, 9.17) is 5.73 Å². The molecule has 1 amide bonds. The molecule has 68 valence electrons. The minimum absolute atomic E-state index is 0.299. The highest BCUT2D eigenvalue weighted by molar-refractivity contribution is 7.70.